The van der Waals surface area contributed by atoms with E-state index in [0.717, 1.165) is 56.4 Å². The molecule has 1 fully saturated rings. The number of amides is 1. The van der Waals surface area contributed by atoms with Crippen molar-refractivity contribution < 1.29 is 22.7 Å². The van der Waals surface area contributed by atoms with E-state index >= 15 is 0 Å². The van der Waals surface area contributed by atoms with Gasteiger partial charge in [-0.3, -0.25) is 4.79 Å². The van der Waals surface area contributed by atoms with Crippen molar-refractivity contribution in [1.82, 2.24) is 5.32 Å². The Morgan fingerprint density at radius 3 is 2.38 bits per heavy atom. The number of ether oxygens (including phenoxy) is 1. The van der Waals surface area contributed by atoms with Crippen LogP contribution in [0.5, 0.6) is 5.75 Å². The fraction of sp³-hybridized carbons (Fsp3) is 0.435. The molecule has 0 heterocycles. The molecule has 0 atom stereocenters. The molecular formula is C23H26F3NO2. The van der Waals surface area contributed by atoms with Gasteiger partial charge in [-0.05, 0) is 80.3 Å². The summed E-state index contributed by atoms with van der Waals surface area (Å²) in [7, 11) is 1.65. The van der Waals surface area contributed by atoms with Crippen LogP contribution in [-0.2, 0) is 12.6 Å². The van der Waals surface area contributed by atoms with Crippen molar-refractivity contribution in [1.29, 1.82) is 0 Å². The number of nitrogens with one attached hydrogen (secondary N) is 1. The molecular weight excluding hydrogens is 379 g/mol. The second kappa shape index (κ2) is 9.33. The molecule has 2 aromatic carbocycles. The van der Waals surface area contributed by atoms with Crippen molar-refractivity contribution in [2.45, 2.75) is 50.7 Å². The van der Waals surface area contributed by atoms with E-state index in [1.807, 2.05) is 12.1 Å². The topological polar surface area (TPSA) is 38.3 Å². The third kappa shape index (κ3) is 5.99. The lowest BCUT2D eigenvalue weighted by Crippen LogP contribution is -2.37. The van der Waals surface area contributed by atoms with E-state index in [1.54, 1.807) is 7.11 Å². The molecule has 0 bridgehead atoms. The van der Waals surface area contributed by atoms with Crippen LogP contribution in [0.25, 0.3) is 0 Å². The van der Waals surface area contributed by atoms with Crippen LogP contribution < -0.4 is 10.1 Å². The first-order valence-corrected chi connectivity index (χ1v) is 9.96. The van der Waals surface area contributed by atoms with Crippen molar-refractivity contribution in [2.24, 2.45) is 5.92 Å². The van der Waals surface area contributed by atoms with Gasteiger partial charge in [-0.15, -0.1) is 0 Å². The number of hydrogen-bond acceptors (Lipinski definition) is 2. The van der Waals surface area contributed by atoms with Gasteiger partial charge in [0.2, 0.25) is 0 Å². The fourth-order valence-electron chi connectivity index (χ4n) is 3.86. The molecule has 2 aromatic rings. The van der Waals surface area contributed by atoms with Gasteiger partial charge in [-0.2, -0.15) is 13.2 Å². The van der Waals surface area contributed by atoms with Crippen LogP contribution in [0.4, 0.5) is 13.2 Å². The minimum Gasteiger partial charge on any atom is -0.497 e. The van der Waals surface area contributed by atoms with Gasteiger partial charge < -0.3 is 10.1 Å². The Balaban J connectivity index is 1.45. The molecule has 156 valence electrons. The molecule has 1 aliphatic carbocycles. The van der Waals surface area contributed by atoms with Crippen molar-refractivity contribution in [3.05, 3.63) is 65.2 Å². The maximum absolute atomic E-state index is 12.8. The Morgan fingerprint density at radius 1 is 1.07 bits per heavy atom. The number of hydrogen-bond donors (Lipinski definition) is 1. The Bertz CT molecular complexity index is 810. The van der Waals surface area contributed by atoms with Gasteiger partial charge in [-0.25, -0.2) is 0 Å². The standard InChI is InChI=1S/C23H26F3NO2/c1-29-21-13-9-17(10-14-21)6-5-16-7-11-20(12-8-16)27-22(28)18-3-2-4-19(15-18)23(24,25)26/h2-4,9-10,13-16,20H,5-8,11-12H2,1H3,(H,27,28). The minimum absolute atomic E-state index is 0.0225. The van der Waals surface area contributed by atoms with Crippen molar-refractivity contribution in [2.75, 3.05) is 7.11 Å². The number of methoxy groups -OCH3 is 1. The van der Waals surface area contributed by atoms with Gasteiger partial charge in [-0.1, -0.05) is 18.2 Å². The quantitative estimate of drug-likeness (QED) is 0.676. The highest BCUT2D eigenvalue weighted by Gasteiger charge is 2.31. The lowest BCUT2D eigenvalue weighted by Gasteiger charge is -2.29. The molecule has 29 heavy (non-hydrogen) atoms. The molecule has 0 saturated heterocycles. The first-order chi connectivity index (χ1) is 13.8. The average Bonchev–Trinajstić information content (AvgIpc) is 2.73. The van der Waals surface area contributed by atoms with Crippen LogP contribution in [0.3, 0.4) is 0 Å². The molecule has 0 aromatic heterocycles. The van der Waals surface area contributed by atoms with E-state index in [-0.39, 0.29) is 11.6 Å². The number of alkyl halides is 3. The van der Waals surface area contributed by atoms with Gasteiger partial charge in [0, 0.05) is 11.6 Å². The highest BCUT2D eigenvalue weighted by molar-refractivity contribution is 5.94. The van der Waals surface area contributed by atoms with Crippen LogP contribution in [-0.4, -0.2) is 19.1 Å². The predicted octanol–water partition coefficient (Wildman–Crippen LogP) is 5.64. The van der Waals surface area contributed by atoms with Crippen LogP contribution in [0, 0.1) is 5.92 Å². The largest absolute Gasteiger partial charge is 0.497 e. The number of aryl methyl sites for hydroxylation is 1. The normalized spacial score (nSPS) is 19.6. The number of benzene rings is 2. The number of carbonyl (C=O) groups excluding carboxylic acids is 1. The summed E-state index contributed by atoms with van der Waals surface area (Å²) >= 11 is 0. The molecule has 1 aliphatic rings. The summed E-state index contributed by atoms with van der Waals surface area (Å²) in [5.74, 6) is 1.03. The SMILES string of the molecule is COc1ccc(CCC2CCC(NC(=O)c3cccc(C(F)(F)F)c3)CC2)cc1. The van der Waals surface area contributed by atoms with Crippen LogP contribution in [0.15, 0.2) is 48.5 Å². The van der Waals surface area contributed by atoms with E-state index in [0.29, 0.717) is 5.92 Å². The first-order valence-electron chi connectivity index (χ1n) is 9.96. The molecule has 0 unspecified atom stereocenters. The summed E-state index contributed by atoms with van der Waals surface area (Å²) in [6, 6.07) is 12.7. The average molecular weight is 405 g/mol. The van der Waals surface area contributed by atoms with Gasteiger partial charge in [0.1, 0.15) is 5.75 Å². The summed E-state index contributed by atoms with van der Waals surface area (Å²) in [6.45, 7) is 0. The summed E-state index contributed by atoms with van der Waals surface area (Å²) in [6.07, 6.45) is 1.41. The van der Waals surface area contributed by atoms with Crippen molar-refractivity contribution in [3.8, 4) is 5.75 Å². The maximum Gasteiger partial charge on any atom is 0.416 e. The number of rotatable bonds is 6. The summed E-state index contributed by atoms with van der Waals surface area (Å²) < 4.78 is 43.7. The highest BCUT2D eigenvalue weighted by atomic mass is 19.4. The Labute approximate surface area is 169 Å². The van der Waals surface area contributed by atoms with Gasteiger partial charge in [0.05, 0.1) is 12.7 Å². The van der Waals surface area contributed by atoms with Crippen LogP contribution >= 0.6 is 0 Å². The molecule has 1 amide bonds. The molecule has 0 aliphatic heterocycles. The van der Waals surface area contributed by atoms with Crippen LogP contribution in [0.2, 0.25) is 0 Å². The molecule has 3 rings (SSSR count). The lowest BCUT2D eigenvalue weighted by atomic mass is 9.82. The third-order valence-corrected chi connectivity index (χ3v) is 5.63. The van der Waals surface area contributed by atoms with Gasteiger partial charge in [0.15, 0.2) is 0 Å². The summed E-state index contributed by atoms with van der Waals surface area (Å²) in [5.41, 5.74) is 0.541. The zero-order valence-electron chi connectivity index (χ0n) is 16.5. The van der Waals surface area contributed by atoms with Gasteiger partial charge in [0.25, 0.3) is 5.91 Å². The Morgan fingerprint density at radius 2 is 1.76 bits per heavy atom. The highest BCUT2D eigenvalue weighted by Crippen LogP contribution is 2.30. The van der Waals surface area contributed by atoms with E-state index in [4.69, 9.17) is 4.74 Å². The predicted molar refractivity (Wildman–Crippen MR) is 106 cm³/mol. The van der Waals surface area contributed by atoms with Crippen molar-refractivity contribution in [3.63, 3.8) is 0 Å². The smallest absolute Gasteiger partial charge is 0.416 e. The molecule has 0 spiro atoms. The molecule has 1 N–H and O–H groups in total. The number of halogens is 3. The first kappa shape index (κ1) is 21.2. The second-order valence-electron chi connectivity index (χ2n) is 7.66. The van der Waals surface area contributed by atoms with Gasteiger partial charge >= 0.3 is 6.18 Å². The fourth-order valence-corrected chi connectivity index (χ4v) is 3.86. The third-order valence-electron chi connectivity index (χ3n) is 5.63. The Hall–Kier alpha value is -2.50. The van der Waals surface area contributed by atoms with E-state index in [9.17, 15) is 18.0 Å². The van der Waals surface area contributed by atoms with Crippen LogP contribution in [0.1, 0.15) is 53.6 Å². The molecule has 1 saturated carbocycles. The molecule has 0 radical (unpaired) electrons. The monoisotopic (exact) mass is 405 g/mol. The summed E-state index contributed by atoms with van der Waals surface area (Å²) in [4.78, 5) is 12.3. The van der Waals surface area contributed by atoms with E-state index in [1.165, 1.54) is 17.7 Å². The summed E-state index contributed by atoms with van der Waals surface area (Å²) in [5, 5.41) is 2.90. The van der Waals surface area contributed by atoms with Crippen molar-refractivity contribution >= 4 is 5.91 Å². The van der Waals surface area contributed by atoms with E-state index in [2.05, 4.69) is 17.4 Å². The lowest BCUT2D eigenvalue weighted by molar-refractivity contribution is -0.137. The minimum atomic E-state index is -4.45. The maximum atomic E-state index is 12.8. The molecule has 3 nitrogen and oxygen atoms in total. The zero-order valence-corrected chi connectivity index (χ0v) is 16.5. The molecule has 6 heteroatoms. The van der Waals surface area contributed by atoms with E-state index < -0.39 is 17.6 Å². The number of carbonyl (C=O) groups is 1. The zero-order chi connectivity index (χ0) is 20.9. The second-order valence-corrected chi connectivity index (χ2v) is 7.66. The Kier molecular flexibility index (Phi) is 6.83.